The molecular formula is C12H17N3O2. The smallest absolute Gasteiger partial charge is 0.137 e. The molecule has 0 spiro atoms. The number of H-pyrrole nitrogens is 1. The molecule has 0 aliphatic heterocycles. The fourth-order valence-electron chi connectivity index (χ4n) is 1.68. The zero-order valence-electron chi connectivity index (χ0n) is 9.77. The van der Waals surface area contributed by atoms with Crippen LogP contribution in [0.5, 0.6) is 0 Å². The molecule has 92 valence electrons. The van der Waals surface area contributed by atoms with Crippen molar-refractivity contribution in [1.29, 1.82) is 0 Å². The Bertz CT molecular complexity index is 493. The highest BCUT2D eigenvalue weighted by Gasteiger charge is 2.18. The van der Waals surface area contributed by atoms with Crippen molar-refractivity contribution in [3.8, 4) is 0 Å². The van der Waals surface area contributed by atoms with E-state index in [0.29, 0.717) is 13.1 Å². The summed E-state index contributed by atoms with van der Waals surface area (Å²) < 4.78 is 0. The van der Waals surface area contributed by atoms with Gasteiger partial charge in [0.2, 0.25) is 0 Å². The SMILES string of the molecule is CC(O)(CO)CNCc1c[nH]c2ncccc12. The fourth-order valence-corrected chi connectivity index (χ4v) is 1.68. The van der Waals surface area contributed by atoms with Crippen LogP contribution < -0.4 is 5.32 Å². The van der Waals surface area contributed by atoms with Crippen molar-refractivity contribution in [2.45, 2.75) is 19.1 Å². The maximum Gasteiger partial charge on any atom is 0.137 e. The van der Waals surface area contributed by atoms with Gasteiger partial charge in [0, 0.05) is 30.9 Å². The van der Waals surface area contributed by atoms with Gasteiger partial charge >= 0.3 is 0 Å². The molecule has 5 heteroatoms. The third-order valence-electron chi connectivity index (χ3n) is 2.70. The monoisotopic (exact) mass is 235 g/mol. The van der Waals surface area contributed by atoms with Crippen LogP contribution >= 0.6 is 0 Å². The average molecular weight is 235 g/mol. The third kappa shape index (κ3) is 2.82. The molecule has 0 aliphatic carbocycles. The van der Waals surface area contributed by atoms with Crippen LogP contribution in [0.1, 0.15) is 12.5 Å². The molecule has 0 aliphatic rings. The third-order valence-corrected chi connectivity index (χ3v) is 2.70. The van der Waals surface area contributed by atoms with Gasteiger partial charge in [-0.2, -0.15) is 0 Å². The number of aromatic amines is 1. The number of nitrogens with zero attached hydrogens (tertiary/aromatic N) is 1. The Labute approximate surface area is 99.5 Å². The van der Waals surface area contributed by atoms with Crippen LogP contribution in [0.15, 0.2) is 24.5 Å². The first kappa shape index (κ1) is 12.0. The van der Waals surface area contributed by atoms with Gasteiger partial charge in [0.25, 0.3) is 0 Å². The molecule has 0 fully saturated rings. The van der Waals surface area contributed by atoms with E-state index >= 15 is 0 Å². The lowest BCUT2D eigenvalue weighted by atomic mass is 10.1. The van der Waals surface area contributed by atoms with E-state index in [9.17, 15) is 5.11 Å². The number of aliphatic hydroxyl groups excluding tert-OH is 1. The maximum atomic E-state index is 9.63. The van der Waals surface area contributed by atoms with E-state index in [0.717, 1.165) is 16.6 Å². The van der Waals surface area contributed by atoms with Crippen molar-refractivity contribution in [2.24, 2.45) is 0 Å². The fraction of sp³-hybridized carbons (Fsp3) is 0.417. The Kier molecular flexibility index (Phi) is 3.42. The molecule has 2 aromatic rings. The first-order valence-electron chi connectivity index (χ1n) is 5.57. The quantitative estimate of drug-likeness (QED) is 0.604. The van der Waals surface area contributed by atoms with E-state index in [4.69, 9.17) is 5.11 Å². The van der Waals surface area contributed by atoms with Gasteiger partial charge in [0.1, 0.15) is 5.65 Å². The van der Waals surface area contributed by atoms with Crippen molar-refractivity contribution >= 4 is 11.0 Å². The predicted molar refractivity (Wildman–Crippen MR) is 65.5 cm³/mol. The molecule has 0 saturated carbocycles. The summed E-state index contributed by atoms with van der Waals surface area (Å²) in [6.07, 6.45) is 3.64. The van der Waals surface area contributed by atoms with Crippen LogP contribution in [0.2, 0.25) is 0 Å². The summed E-state index contributed by atoms with van der Waals surface area (Å²) in [5.74, 6) is 0. The average Bonchev–Trinajstić information content (AvgIpc) is 2.73. The van der Waals surface area contributed by atoms with Gasteiger partial charge in [-0.1, -0.05) is 0 Å². The van der Waals surface area contributed by atoms with Gasteiger partial charge in [-0.25, -0.2) is 4.98 Å². The maximum absolute atomic E-state index is 9.63. The number of pyridine rings is 1. The van der Waals surface area contributed by atoms with Gasteiger partial charge in [-0.3, -0.25) is 0 Å². The number of aromatic nitrogens is 2. The van der Waals surface area contributed by atoms with Crippen LogP contribution in [0, 0.1) is 0 Å². The topological polar surface area (TPSA) is 81.2 Å². The van der Waals surface area contributed by atoms with E-state index in [-0.39, 0.29) is 6.61 Å². The van der Waals surface area contributed by atoms with Crippen LogP contribution in [-0.4, -0.2) is 38.9 Å². The number of nitrogens with one attached hydrogen (secondary N) is 2. The minimum absolute atomic E-state index is 0.255. The number of aliphatic hydroxyl groups is 2. The second-order valence-electron chi connectivity index (χ2n) is 4.47. The lowest BCUT2D eigenvalue weighted by Crippen LogP contribution is -2.40. The summed E-state index contributed by atoms with van der Waals surface area (Å²) in [4.78, 5) is 7.29. The van der Waals surface area contributed by atoms with Crippen molar-refractivity contribution in [3.63, 3.8) is 0 Å². The minimum atomic E-state index is -1.08. The zero-order chi connectivity index (χ0) is 12.3. The van der Waals surface area contributed by atoms with E-state index in [1.54, 1.807) is 13.1 Å². The summed E-state index contributed by atoms with van der Waals surface area (Å²) in [5.41, 5.74) is 0.879. The highest BCUT2D eigenvalue weighted by atomic mass is 16.3. The first-order chi connectivity index (χ1) is 8.12. The highest BCUT2D eigenvalue weighted by Crippen LogP contribution is 2.15. The largest absolute Gasteiger partial charge is 0.393 e. The lowest BCUT2D eigenvalue weighted by molar-refractivity contribution is 0.00255. The molecule has 4 N–H and O–H groups in total. The lowest BCUT2D eigenvalue weighted by Gasteiger charge is -2.20. The Hall–Kier alpha value is -1.43. The Morgan fingerprint density at radius 3 is 3.12 bits per heavy atom. The second-order valence-corrected chi connectivity index (χ2v) is 4.47. The van der Waals surface area contributed by atoms with E-state index < -0.39 is 5.60 Å². The molecule has 2 heterocycles. The molecular weight excluding hydrogens is 218 g/mol. The Morgan fingerprint density at radius 1 is 1.53 bits per heavy atom. The molecule has 1 atom stereocenters. The summed E-state index contributed by atoms with van der Waals surface area (Å²) in [6.45, 7) is 2.31. The number of rotatable bonds is 5. The Balaban J connectivity index is 2.00. The van der Waals surface area contributed by atoms with Gasteiger partial charge in [0.05, 0.1) is 12.2 Å². The molecule has 0 radical (unpaired) electrons. The van der Waals surface area contributed by atoms with Crippen LogP contribution in [0.4, 0.5) is 0 Å². The van der Waals surface area contributed by atoms with Crippen molar-refractivity contribution < 1.29 is 10.2 Å². The summed E-state index contributed by atoms with van der Waals surface area (Å²) in [6, 6.07) is 3.89. The number of hydrogen-bond donors (Lipinski definition) is 4. The Morgan fingerprint density at radius 2 is 2.35 bits per heavy atom. The highest BCUT2D eigenvalue weighted by molar-refractivity contribution is 5.79. The number of hydrogen-bond acceptors (Lipinski definition) is 4. The first-order valence-corrected chi connectivity index (χ1v) is 5.57. The molecule has 2 aromatic heterocycles. The van der Waals surface area contributed by atoms with Crippen molar-refractivity contribution in [2.75, 3.05) is 13.2 Å². The zero-order valence-corrected chi connectivity index (χ0v) is 9.77. The summed E-state index contributed by atoms with van der Waals surface area (Å²) >= 11 is 0. The summed E-state index contributed by atoms with van der Waals surface area (Å²) in [5, 5.41) is 22.7. The minimum Gasteiger partial charge on any atom is -0.393 e. The van der Waals surface area contributed by atoms with Gasteiger partial charge in [-0.05, 0) is 24.6 Å². The normalized spacial score (nSPS) is 15.0. The molecule has 1 unspecified atom stereocenters. The predicted octanol–water partition coefficient (Wildman–Crippen LogP) is 0.396. The molecule has 17 heavy (non-hydrogen) atoms. The van der Waals surface area contributed by atoms with E-state index in [2.05, 4.69) is 15.3 Å². The van der Waals surface area contributed by atoms with Gasteiger partial charge in [-0.15, -0.1) is 0 Å². The standard InChI is InChI=1S/C12H17N3O2/c1-12(17,8-16)7-13-5-9-6-15-11-10(9)3-2-4-14-11/h2-4,6,13,16-17H,5,7-8H2,1H3,(H,14,15). The number of fused-ring (bicyclic) bond motifs is 1. The van der Waals surface area contributed by atoms with Crippen LogP contribution in [-0.2, 0) is 6.54 Å². The summed E-state index contributed by atoms with van der Waals surface area (Å²) in [7, 11) is 0. The molecule has 0 bridgehead atoms. The second kappa shape index (κ2) is 4.83. The van der Waals surface area contributed by atoms with Crippen LogP contribution in [0.3, 0.4) is 0 Å². The molecule has 2 rings (SSSR count). The van der Waals surface area contributed by atoms with E-state index in [1.165, 1.54) is 0 Å². The van der Waals surface area contributed by atoms with Crippen molar-refractivity contribution in [3.05, 3.63) is 30.1 Å². The van der Waals surface area contributed by atoms with Crippen LogP contribution in [0.25, 0.3) is 11.0 Å². The van der Waals surface area contributed by atoms with E-state index in [1.807, 2.05) is 18.3 Å². The van der Waals surface area contributed by atoms with Crippen molar-refractivity contribution in [1.82, 2.24) is 15.3 Å². The van der Waals surface area contributed by atoms with Gasteiger partial charge < -0.3 is 20.5 Å². The van der Waals surface area contributed by atoms with Gasteiger partial charge in [0.15, 0.2) is 0 Å². The molecule has 0 amide bonds. The molecule has 0 aromatic carbocycles. The molecule has 5 nitrogen and oxygen atoms in total. The molecule has 0 saturated heterocycles.